The fourth-order valence-corrected chi connectivity index (χ4v) is 2.21. The minimum Gasteiger partial charge on any atom is -0.491 e. The highest BCUT2D eigenvalue weighted by molar-refractivity contribution is 5.95. The standard InChI is InChI=1S/C16H20N2O5/c1-18-12-9-11(3-4-13(12)23-8-7-15(18)20)10-17-14(19)5-6-16(21)22-2/h3-4,9H,5-8,10H2,1-2H3,(H,17,19). The van der Waals surface area contributed by atoms with Crippen molar-refractivity contribution in [3.63, 3.8) is 0 Å². The zero-order valence-corrected chi connectivity index (χ0v) is 13.3. The number of amides is 2. The van der Waals surface area contributed by atoms with Crippen molar-refractivity contribution >= 4 is 23.5 Å². The molecule has 0 saturated carbocycles. The third kappa shape index (κ3) is 4.45. The van der Waals surface area contributed by atoms with E-state index in [1.165, 1.54) is 7.11 Å². The van der Waals surface area contributed by atoms with Gasteiger partial charge in [0.25, 0.3) is 0 Å². The quantitative estimate of drug-likeness (QED) is 0.818. The number of methoxy groups -OCH3 is 1. The zero-order chi connectivity index (χ0) is 16.8. The molecule has 7 nitrogen and oxygen atoms in total. The van der Waals surface area contributed by atoms with E-state index in [0.717, 1.165) is 5.56 Å². The molecule has 124 valence electrons. The molecule has 7 heteroatoms. The van der Waals surface area contributed by atoms with Gasteiger partial charge in [-0.3, -0.25) is 14.4 Å². The molecule has 0 unspecified atom stereocenters. The minimum atomic E-state index is -0.414. The number of fused-ring (bicyclic) bond motifs is 1. The van der Waals surface area contributed by atoms with Crippen LogP contribution in [0.3, 0.4) is 0 Å². The number of nitrogens with zero attached hydrogens (tertiary/aromatic N) is 1. The Kier molecular flexibility index (Phi) is 5.56. The number of benzene rings is 1. The van der Waals surface area contributed by atoms with Crippen molar-refractivity contribution in [1.82, 2.24) is 5.32 Å². The number of hydrogen-bond acceptors (Lipinski definition) is 5. The van der Waals surface area contributed by atoms with Crippen LogP contribution in [0.2, 0.25) is 0 Å². The van der Waals surface area contributed by atoms with E-state index < -0.39 is 5.97 Å². The second-order valence-electron chi connectivity index (χ2n) is 5.21. The summed E-state index contributed by atoms with van der Waals surface area (Å²) in [6.07, 6.45) is 0.474. The molecule has 0 atom stereocenters. The number of carbonyl (C=O) groups excluding carboxylic acids is 3. The Morgan fingerprint density at radius 1 is 1.35 bits per heavy atom. The number of hydrogen-bond donors (Lipinski definition) is 1. The Balaban J connectivity index is 1.97. The first-order chi connectivity index (χ1) is 11.0. The highest BCUT2D eigenvalue weighted by atomic mass is 16.5. The lowest BCUT2D eigenvalue weighted by Crippen LogP contribution is -2.26. The van der Waals surface area contributed by atoms with Crippen LogP contribution in [0.1, 0.15) is 24.8 Å². The van der Waals surface area contributed by atoms with Gasteiger partial charge in [0, 0.05) is 20.0 Å². The van der Waals surface area contributed by atoms with Crippen LogP contribution in [0.4, 0.5) is 5.69 Å². The van der Waals surface area contributed by atoms with E-state index >= 15 is 0 Å². The first kappa shape index (κ1) is 16.8. The number of anilines is 1. The molecule has 2 rings (SSSR count). The molecule has 0 spiro atoms. The summed E-state index contributed by atoms with van der Waals surface area (Å²) >= 11 is 0. The lowest BCUT2D eigenvalue weighted by Gasteiger charge is -2.17. The first-order valence-electron chi connectivity index (χ1n) is 7.37. The molecule has 1 aliphatic rings. The van der Waals surface area contributed by atoms with Gasteiger partial charge in [-0.1, -0.05) is 6.07 Å². The summed E-state index contributed by atoms with van der Waals surface area (Å²) in [5.74, 6) is -0.00405. The maximum atomic E-state index is 11.9. The second-order valence-corrected chi connectivity index (χ2v) is 5.21. The minimum absolute atomic E-state index is 0.0111. The van der Waals surface area contributed by atoms with Gasteiger partial charge in [0.1, 0.15) is 5.75 Å². The van der Waals surface area contributed by atoms with Crippen LogP contribution < -0.4 is 15.0 Å². The fourth-order valence-electron chi connectivity index (χ4n) is 2.21. The average molecular weight is 320 g/mol. The Morgan fingerprint density at radius 2 is 2.13 bits per heavy atom. The zero-order valence-electron chi connectivity index (χ0n) is 13.3. The Bertz CT molecular complexity index is 614. The number of carbonyl (C=O) groups is 3. The molecule has 1 aromatic rings. The average Bonchev–Trinajstić information content (AvgIpc) is 2.70. The monoisotopic (exact) mass is 320 g/mol. The van der Waals surface area contributed by atoms with Gasteiger partial charge in [0.05, 0.1) is 32.2 Å². The highest BCUT2D eigenvalue weighted by Gasteiger charge is 2.20. The van der Waals surface area contributed by atoms with E-state index in [2.05, 4.69) is 10.1 Å². The van der Waals surface area contributed by atoms with Crippen molar-refractivity contribution in [3.8, 4) is 5.75 Å². The normalized spacial score (nSPS) is 13.7. The van der Waals surface area contributed by atoms with Crippen molar-refractivity contribution in [2.24, 2.45) is 0 Å². The molecule has 1 aromatic carbocycles. The third-order valence-electron chi connectivity index (χ3n) is 3.61. The summed E-state index contributed by atoms with van der Waals surface area (Å²) in [5, 5.41) is 2.74. The molecular formula is C16H20N2O5. The molecule has 0 fully saturated rings. The van der Waals surface area contributed by atoms with E-state index in [4.69, 9.17) is 4.74 Å². The molecule has 0 aromatic heterocycles. The summed E-state index contributed by atoms with van der Waals surface area (Å²) in [7, 11) is 2.99. The van der Waals surface area contributed by atoms with Crippen molar-refractivity contribution in [3.05, 3.63) is 23.8 Å². The van der Waals surface area contributed by atoms with Crippen LogP contribution >= 0.6 is 0 Å². The highest BCUT2D eigenvalue weighted by Crippen LogP contribution is 2.31. The van der Waals surface area contributed by atoms with Gasteiger partial charge in [0.2, 0.25) is 11.8 Å². The molecule has 0 saturated heterocycles. The van der Waals surface area contributed by atoms with Gasteiger partial charge in [-0.25, -0.2) is 0 Å². The van der Waals surface area contributed by atoms with Crippen molar-refractivity contribution in [1.29, 1.82) is 0 Å². The van der Waals surface area contributed by atoms with Gasteiger partial charge < -0.3 is 19.7 Å². The lowest BCUT2D eigenvalue weighted by molar-refractivity contribution is -0.142. The largest absolute Gasteiger partial charge is 0.491 e. The SMILES string of the molecule is COC(=O)CCC(=O)NCc1ccc2c(c1)N(C)C(=O)CCO2. The van der Waals surface area contributed by atoms with Crippen molar-refractivity contribution < 1.29 is 23.9 Å². The van der Waals surface area contributed by atoms with E-state index in [-0.39, 0.29) is 24.7 Å². The second kappa shape index (κ2) is 7.62. The number of esters is 1. The van der Waals surface area contributed by atoms with Gasteiger partial charge in [0.15, 0.2) is 0 Å². The van der Waals surface area contributed by atoms with Crippen molar-refractivity contribution in [2.75, 3.05) is 25.7 Å². The molecule has 23 heavy (non-hydrogen) atoms. The van der Waals surface area contributed by atoms with Crippen LogP contribution in [-0.4, -0.2) is 38.5 Å². The Morgan fingerprint density at radius 3 is 2.87 bits per heavy atom. The van der Waals surface area contributed by atoms with Gasteiger partial charge in [-0.2, -0.15) is 0 Å². The topological polar surface area (TPSA) is 84.9 Å². The maximum absolute atomic E-state index is 11.9. The van der Waals surface area contributed by atoms with Crippen molar-refractivity contribution in [2.45, 2.75) is 25.8 Å². The summed E-state index contributed by atoms with van der Waals surface area (Å²) in [6, 6.07) is 5.45. The van der Waals surface area contributed by atoms with E-state index in [1.54, 1.807) is 18.0 Å². The van der Waals surface area contributed by atoms with Gasteiger partial charge >= 0.3 is 5.97 Å². The van der Waals surface area contributed by atoms with E-state index in [0.29, 0.717) is 31.0 Å². The molecule has 0 radical (unpaired) electrons. The molecule has 2 amide bonds. The number of ether oxygens (including phenoxy) is 2. The maximum Gasteiger partial charge on any atom is 0.306 e. The smallest absolute Gasteiger partial charge is 0.306 e. The fraction of sp³-hybridized carbons (Fsp3) is 0.438. The molecule has 1 N–H and O–H groups in total. The summed E-state index contributed by atoms with van der Waals surface area (Å²) in [4.78, 5) is 36.1. The Hall–Kier alpha value is -2.57. The molecular weight excluding hydrogens is 300 g/mol. The third-order valence-corrected chi connectivity index (χ3v) is 3.61. The Labute approximate surface area is 134 Å². The van der Waals surface area contributed by atoms with Gasteiger partial charge in [-0.05, 0) is 17.7 Å². The van der Waals surface area contributed by atoms with Crippen LogP contribution in [0.15, 0.2) is 18.2 Å². The number of rotatable bonds is 5. The van der Waals surface area contributed by atoms with Crippen LogP contribution in [-0.2, 0) is 25.7 Å². The predicted octanol–water partition coefficient (Wildman–Crippen LogP) is 1.00. The molecule has 1 aliphatic heterocycles. The first-order valence-corrected chi connectivity index (χ1v) is 7.37. The molecule has 1 heterocycles. The molecule has 0 bridgehead atoms. The van der Waals surface area contributed by atoms with E-state index in [9.17, 15) is 14.4 Å². The van der Waals surface area contributed by atoms with Crippen LogP contribution in [0.25, 0.3) is 0 Å². The number of nitrogens with one attached hydrogen (secondary N) is 1. The summed E-state index contributed by atoms with van der Waals surface area (Å²) in [5.41, 5.74) is 1.54. The van der Waals surface area contributed by atoms with E-state index in [1.807, 2.05) is 12.1 Å². The summed E-state index contributed by atoms with van der Waals surface area (Å²) in [6.45, 7) is 0.676. The van der Waals surface area contributed by atoms with Gasteiger partial charge in [-0.15, -0.1) is 0 Å². The van der Waals surface area contributed by atoms with Crippen LogP contribution in [0.5, 0.6) is 5.75 Å². The molecule has 0 aliphatic carbocycles. The lowest BCUT2D eigenvalue weighted by atomic mass is 10.1. The predicted molar refractivity (Wildman–Crippen MR) is 83.1 cm³/mol. The summed E-state index contributed by atoms with van der Waals surface area (Å²) < 4.78 is 10.0. The van der Waals surface area contributed by atoms with Crippen LogP contribution in [0, 0.1) is 0 Å².